The Morgan fingerprint density at radius 3 is 2.84 bits per heavy atom. The predicted molar refractivity (Wildman–Crippen MR) is 78.2 cm³/mol. The van der Waals surface area contributed by atoms with E-state index in [0.717, 1.165) is 17.7 Å². The average Bonchev–Trinajstić information content (AvgIpc) is 2.77. The molecule has 0 unspecified atom stereocenters. The molecule has 100 valence electrons. The van der Waals surface area contributed by atoms with E-state index in [1.807, 2.05) is 37.6 Å². The van der Waals surface area contributed by atoms with E-state index in [0.29, 0.717) is 17.9 Å². The summed E-state index contributed by atoms with van der Waals surface area (Å²) in [6.45, 7) is 4.52. The molecular formula is C14H17N3OS. The summed E-state index contributed by atoms with van der Waals surface area (Å²) in [5.41, 5.74) is 10.1. The van der Waals surface area contributed by atoms with Crippen LogP contribution in [0.5, 0.6) is 5.75 Å². The van der Waals surface area contributed by atoms with Crippen LogP contribution < -0.4 is 10.5 Å². The fraction of sp³-hybridized carbons (Fsp3) is 0.286. The number of benzene rings is 1. The third kappa shape index (κ3) is 3.12. The van der Waals surface area contributed by atoms with Crippen LogP contribution >= 0.6 is 11.3 Å². The fourth-order valence-corrected chi connectivity index (χ4v) is 2.63. The van der Waals surface area contributed by atoms with Crippen molar-refractivity contribution in [3.63, 3.8) is 0 Å². The largest absolute Gasteiger partial charge is 0.492 e. The van der Waals surface area contributed by atoms with Crippen LogP contribution in [0.25, 0.3) is 0 Å². The van der Waals surface area contributed by atoms with Crippen LogP contribution in [-0.4, -0.2) is 17.4 Å². The highest BCUT2D eigenvalue weighted by atomic mass is 32.1. The summed E-state index contributed by atoms with van der Waals surface area (Å²) in [5.74, 6) is 0.741. The van der Waals surface area contributed by atoms with Crippen LogP contribution in [-0.2, 0) is 6.42 Å². The first-order chi connectivity index (χ1) is 9.09. The number of hydrogen-bond acceptors (Lipinski definition) is 4. The maximum Gasteiger partial charge on any atom is 0.133 e. The fourth-order valence-electron chi connectivity index (χ4n) is 1.87. The Balaban J connectivity index is 2.07. The van der Waals surface area contributed by atoms with E-state index < -0.39 is 0 Å². The minimum Gasteiger partial charge on any atom is -0.492 e. The summed E-state index contributed by atoms with van der Waals surface area (Å²) in [5, 5.41) is 7.57. The zero-order chi connectivity index (χ0) is 13.8. The molecule has 0 saturated carbocycles. The molecule has 19 heavy (non-hydrogen) atoms. The van der Waals surface area contributed by atoms with E-state index >= 15 is 0 Å². The molecular weight excluding hydrogens is 258 g/mol. The smallest absolute Gasteiger partial charge is 0.133 e. The second kappa shape index (κ2) is 5.84. The number of nitrogen functional groups attached to an aromatic ring is 1. The van der Waals surface area contributed by atoms with E-state index in [1.165, 1.54) is 4.88 Å². The lowest BCUT2D eigenvalue weighted by Crippen LogP contribution is -2.14. The van der Waals surface area contributed by atoms with Crippen LogP contribution in [0.4, 0.5) is 0 Å². The first kappa shape index (κ1) is 13.5. The zero-order valence-electron chi connectivity index (χ0n) is 11.1. The van der Waals surface area contributed by atoms with Crippen molar-refractivity contribution in [2.45, 2.75) is 20.3 Å². The monoisotopic (exact) mass is 275 g/mol. The highest BCUT2D eigenvalue weighted by Crippen LogP contribution is 2.23. The van der Waals surface area contributed by atoms with E-state index in [4.69, 9.17) is 15.9 Å². The highest BCUT2D eigenvalue weighted by Gasteiger charge is 2.10. The van der Waals surface area contributed by atoms with Crippen molar-refractivity contribution in [2.24, 2.45) is 5.73 Å². The summed E-state index contributed by atoms with van der Waals surface area (Å²) >= 11 is 1.64. The molecule has 0 aliphatic carbocycles. The Morgan fingerprint density at radius 2 is 2.21 bits per heavy atom. The minimum atomic E-state index is 0.0349. The SMILES string of the molecule is Cc1cccc(C(=N)N)c1OCCc1scnc1C. The lowest BCUT2D eigenvalue weighted by molar-refractivity contribution is 0.320. The Morgan fingerprint density at radius 1 is 1.42 bits per heavy atom. The van der Waals surface area contributed by atoms with Crippen molar-refractivity contribution in [1.82, 2.24) is 4.98 Å². The number of rotatable bonds is 5. The van der Waals surface area contributed by atoms with E-state index in [9.17, 15) is 0 Å². The summed E-state index contributed by atoms with van der Waals surface area (Å²) < 4.78 is 5.82. The lowest BCUT2D eigenvalue weighted by Gasteiger charge is -2.13. The van der Waals surface area contributed by atoms with Crippen LogP contribution in [0.15, 0.2) is 23.7 Å². The standard InChI is InChI=1S/C14H17N3OS/c1-9-4-3-5-11(14(15)16)13(9)18-7-6-12-10(2)17-8-19-12/h3-5,8H,6-7H2,1-2H3,(H3,15,16). The summed E-state index contributed by atoms with van der Waals surface area (Å²) in [6, 6.07) is 5.65. The van der Waals surface area contributed by atoms with Crippen molar-refractivity contribution in [2.75, 3.05) is 6.61 Å². The van der Waals surface area contributed by atoms with Gasteiger partial charge in [0.15, 0.2) is 0 Å². The van der Waals surface area contributed by atoms with Crippen LogP contribution in [0, 0.1) is 19.3 Å². The minimum absolute atomic E-state index is 0.0349. The maximum absolute atomic E-state index is 7.57. The molecule has 0 spiro atoms. The second-order valence-corrected chi connectivity index (χ2v) is 5.26. The third-order valence-electron chi connectivity index (χ3n) is 2.92. The quantitative estimate of drug-likeness (QED) is 0.651. The number of para-hydroxylation sites is 1. The van der Waals surface area contributed by atoms with Gasteiger partial charge in [-0.1, -0.05) is 12.1 Å². The average molecular weight is 275 g/mol. The number of aromatic nitrogens is 1. The molecule has 5 heteroatoms. The van der Waals surface area contributed by atoms with E-state index in [1.54, 1.807) is 11.3 Å². The lowest BCUT2D eigenvalue weighted by atomic mass is 10.1. The zero-order valence-corrected chi connectivity index (χ0v) is 11.9. The van der Waals surface area contributed by atoms with Gasteiger partial charge >= 0.3 is 0 Å². The molecule has 0 atom stereocenters. The topological polar surface area (TPSA) is 72.0 Å². The first-order valence-electron chi connectivity index (χ1n) is 6.05. The molecule has 0 bridgehead atoms. The Kier molecular flexibility index (Phi) is 4.16. The summed E-state index contributed by atoms with van der Waals surface area (Å²) in [7, 11) is 0. The molecule has 1 aromatic carbocycles. The molecule has 1 aromatic heterocycles. The van der Waals surface area contributed by atoms with Gasteiger partial charge in [0.2, 0.25) is 0 Å². The van der Waals surface area contributed by atoms with Crippen molar-refractivity contribution in [1.29, 1.82) is 5.41 Å². The van der Waals surface area contributed by atoms with Gasteiger partial charge in [0.1, 0.15) is 11.6 Å². The molecule has 0 saturated heterocycles. The predicted octanol–water partition coefficient (Wildman–Crippen LogP) is 2.67. The van der Waals surface area contributed by atoms with Crippen LogP contribution in [0.2, 0.25) is 0 Å². The molecule has 2 rings (SSSR count). The van der Waals surface area contributed by atoms with Gasteiger partial charge in [0.05, 0.1) is 23.4 Å². The first-order valence-corrected chi connectivity index (χ1v) is 6.93. The highest BCUT2D eigenvalue weighted by molar-refractivity contribution is 7.09. The summed E-state index contributed by atoms with van der Waals surface area (Å²) in [6.07, 6.45) is 0.822. The number of ether oxygens (including phenoxy) is 1. The van der Waals surface area contributed by atoms with Gasteiger partial charge in [-0.05, 0) is 25.5 Å². The molecule has 2 aromatic rings. The molecule has 0 aliphatic heterocycles. The Labute approximate surface area is 116 Å². The van der Waals surface area contributed by atoms with Gasteiger partial charge in [-0.25, -0.2) is 4.98 Å². The van der Waals surface area contributed by atoms with Gasteiger partial charge in [-0.15, -0.1) is 11.3 Å². The molecule has 4 nitrogen and oxygen atoms in total. The molecule has 0 fully saturated rings. The van der Waals surface area contributed by atoms with Crippen molar-refractivity contribution >= 4 is 17.2 Å². The molecule has 0 radical (unpaired) electrons. The van der Waals surface area contributed by atoms with Gasteiger partial charge < -0.3 is 10.5 Å². The number of thiazole rings is 1. The van der Waals surface area contributed by atoms with Gasteiger partial charge in [-0.2, -0.15) is 0 Å². The number of nitrogens with zero attached hydrogens (tertiary/aromatic N) is 1. The second-order valence-electron chi connectivity index (χ2n) is 4.32. The van der Waals surface area contributed by atoms with E-state index in [-0.39, 0.29) is 5.84 Å². The van der Waals surface area contributed by atoms with Gasteiger partial charge in [0, 0.05) is 11.3 Å². The van der Waals surface area contributed by atoms with Crippen molar-refractivity contribution < 1.29 is 4.74 Å². The number of nitrogens with one attached hydrogen (secondary N) is 1. The van der Waals surface area contributed by atoms with Crippen LogP contribution in [0.1, 0.15) is 21.7 Å². The Bertz CT molecular complexity index is 592. The van der Waals surface area contributed by atoms with Gasteiger partial charge in [-0.3, -0.25) is 5.41 Å². The van der Waals surface area contributed by atoms with Crippen molar-refractivity contribution in [3.8, 4) is 5.75 Å². The number of nitrogens with two attached hydrogens (primary N) is 1. The third-order valence-corrected chi connectivity index (χ3v) is 3.92. The molecule has 0 amide bonds. The Hall–Kier alpha value is -1.88. The normalized spacial score (nSPS) is 10.4. The van der Waals surface area contributed by atoms with Crippen LogP contribution in [0.3, 0.4) is 0 Å². The molecule has 1 heterocycles. The number of hydrogen-bond donors (Lipinski definition) is 2. The number of amidine groups is 1. The molecule has 0 aliphatic rings. The van der Waals surface area contributed by atoms with Gasteiger partial charge in [0.25, 0.3) is 0 Å². The van der Waals surface area contributed by atoms with E-state index in [2.05, 4.69) is 4.98 Å². The maximum atomic E-state index is 7.57. The number of aryl methyl sites for hydroxylation is 2. The summed E-state index contributed by atoms with van der Waals surface area (Å²) in [4.78, 5) is 5.45. The van der Waals surface area contributed by atoms with Crippen molar-refractivity contribution in [3.05, 3.63) is 45.4 Å². The molecule has 3 N–H and O–H groups in total.